The maximum absolute atomic E-state index is 10.5. The second-order valence-corrected chi connectivity index (χ2v) is 3.58. The first-order chi connectivity index (χ1) is 8.11. The molecule has 0 unspecified atom stereocenters. The molecular formula is C10H5ClN4O2. The molecule has 84 valence electrons. The van der Waals surface area contributed by atoms with E-state index >= 15 is 0 Å². The lowest BCUT2D eigenvalue weighted by molar-refractivity contribution is -0.384. The van der Waals surface area contributed by atoms with E-state index < -0.39 is 4.92 Å². The Morgan fingerprint density at radius 2 is 2.29 bits per heavy atom. The van der Waals surface area contributed by atoms with Gasteiger partial charge in [-0.3, -0.25) is 10.1 Å². The van der Waals surface area contributed by atoms with Crippen molar-refractivity contribution in [2.75, 3.05) is 0 Å². The van der Waals surface area contributed by atoms with Crippen molar-refractivity contribution in [2.45, 2.75) is 0 Å². The summed E-state index contributed by atoms with van der Waals surface area (Å²) in [5.41, 5.74) is 0.796. The highest BCUT2D eigenvalue weighted by molar-refractivity contribution is 6.31. The Morgan fingerprint density at radius 3 is 2.82 bits per heavy atom. The summed E-state index contributed by atoms with van der Waals surface area (Å²) in [7, 11) is 0. The van der Waals surface area contributed by atoms with E-state index in [0.29, 0.717) is 11.3 Å². The zero-order chi connectivity index (χ0) is 12.4. The maximum Gasteiger partial charge on any atom is 0.307 e. The third-order valence-corrected chi connectivity index (χ3v) is 2.43. The van der Waals surface area contributed by atoms with Gasteiger partial charge in [0.15, 0.2) is 0 Å². The standard InChI is InChI=1S/C10H5ClN4O2/c11-10-3-8(2-1-7(10)4-12)14-6-9(5-13-14)15(16)17/h1-3,5-6H. The van der Waals surface area contributed by atoms with Crippen molar-refractivity contribution >= 4 is 17.3 Å². The Bertz CT molecular complexity index is 629. The number of benzene rings is 1. The van der Waals surface area contributed by atoms with Crippen molar-refractivity contribution in [3.8, 4) is 11.8 Å². The topological polar surface area (TPSA) is 84.8 Å². The van der Waals surface area contributed by atoms with Gasteiger partial charge >= 0.3 is 5.69 Å². The molecule has 2 rings (SSSR count). The fraction of sp³-hybridized carbons (Fsp3) is 0. The number of nitro groups is 1. The summed E-state index contributed by atoms with van der Waals surface area (Å²) in [6.07, 6.45) is 2.42. The van der Waals surface area contributed by atoms with Gasteiger partial charge in [-0.05, 0) is 18.2 Å². The Kier molecular flexibility index (Phi) is 2.77. The minimum atomic E-state index is -0.533. The highest BCUT2D eigenvalue weighted by Crippen LogP contribution is 2.20. The van der Waals surface area contributed by atoms with Gasteiger partial charge in [0.1, 0.15) is 18.5 Å². The molecule has 17 heavy (non-hydrogen) atoms. The van der Waals surface area contributed by atoms with E-state index in [9.17, 15) is 10.1 Å². The molecule has 0 spiro atoms. The normalized spacial score (nSPS) is 9.88. The summed E-state index contributed by atoms with van der Waals surface area (Å²) in [5, 5.41) is 23.3. The lowest BCUT2D eigenvalue weighted by atomic mass is 10.2. The maximum atomic E-state index is 10.5. The zero-order valence-electron chi connectivity index (χ0n) is 8.37. The van der Waals surface area contributed by atoms with Crippen LogP contribution in [-0.2, 0) is 0 Å². The molecule has 0 aliphatic heterocycles. The Hall–Kier alpha value is -2.39. The predicted molar refractivity (Wildman–Crippen MR) is 59.9 cm³/mol. The summed E-state index contributed by atoms with van der Waals surface area (Å²) in [5.74, 6) is 0. The van der Waals surface area contributed by atoms with Gasteiger partial charge in [0.2, 0.25) is 0 Å². The Balaban J connectivity index is 2.43. The van der Waals surface area contributed by atoms with Crippen molar-refractivity contribution in [1.82, 2.24) is 9.78 Å². The highest BCUT2D eigenvalue weighted by Gasteiger charge is 2.10. The largest absolute Gasteiger partial charge is 0.307 e. The average Bonchev–Trinajstić information content (AvgIpc) is 2.78. The van der Waals surface area contributed by atoms with Gasteiger partial charge in [0.05, 0.1) is 21.2 Å². The lowest BCUT2D eigenvalue weighted by Gasteiger charge is -2.01. The molecule has 0 aliphatic rings. The lowest BCUT2D eigenvalue weighted by Crippen LogP contribution is -1.94. The third kappa shape index (κ3) is 2.09. The van der Waals surface area contributed by atoms with Crippen LogP contribution >= 0.6 is 11.6 Å². The smallest absolute Gasteiger partial charge is 0.258 e. The number of hydrogen-bond donors (Lipinski definition) is 0. The molecule has 2 aromatic rings. The first-order valence-corrected chi connectivity index (χ1v) is 4.88. The van der Waals surface area contributed by atoms with E-state index in [-0.39, 0.29) is 10.7 Å². The minimum Gasteiger partial charge on any atom is -0.258 e. The predicted octanol–water partition coefficient (Wildman–Crippen LogP) is 2.31. The molecule has 0 saturated carbocycles. The molecule has 1 aromatic heterocycles. The van der Waals surface area contributed by atoms with Crippen LogP contribution in [0.4, 0.5) is 5.69 Å². The molecule has 1 aromatic carbocycles. The highest BCUT2D eigenvalue weighted by atomic mass is 35.5. The molecule has 7 heteroatoms. The van der Waals surface area contributed by atoms with Gasteiger partial charge in [-0.15, -0.1) is 0 Å². The summed E-state index contributed by atoms with van der Waals surface area (Å²) >= 11 is 5.85. The van der Waals surface area contributed by atoms with Crippen LogP contribution in [0.15, 0.2) is 30.6 Å². The molecule has 0 aliphatic carbocycles. The molecular weight excluding hydrogens is 244 g/mol. The van der Waals surface area contributed by atoms with Gasteiger partial charge in [0.25, 0.3) is 0 Å². The molecule has 0 saturated heterocycles. The monoisotopic (exact) mass is 248 g/mol. The second-order valence-electron chi connectivity index (χ2n) is 3.18. The SMILES string of the molecule is N#Cc1ccc(-n2cc([N+](=O)[O-])cn2)cc1Cl. The Morgan fingerprint density at radius 1 is 1.53 bits per heavy atom. The quantitative estimate of drug-likeness (QED) is 0.603. The molecule has 6 nitrogen and oxygen atoms in total. The average molecular weight is 249 g/mol. The fourth-order valence-electron chi connectivity index (χ4n) is 1.29. The molecule has 0 amide bonds. The molecule has 0 radical (unpaired) electrons. The number of hydrogen-bond acceptors (Lipinski definition) is 4. The van der Waals surface area contributed by atoms with Crippen LogP contribution in [0.5, 0.6) is 0 Å². The fourth-order valence-corrected chi connectivity index (χ4v) is 1.50. The molecule has 1 heterocycles. The minimum absolute atomic E-state index is 0.106. The van der Waals surface area contributed by atoms with Crippen molar-refractivity contribution in [1.29, 1.82) is 5.26 Å². The molecule has 0 atom stereocenters. The summed E-state index contributed by atoms with van der Waals surface area (Å²) in [4.78, 5) is 9.96. The van der Waals surface area contributed by atoms with Crippen LogP contribution in [-0.4, -0.2) is 14.7 Å². The second kappa shape index (κ2) is 4.23. The van der Waals surface area contributed by atoms with E-state index in [2.05, 4.69) is 5.10 Å². The van der Waals surface area contributed by atoms with Gasteiger partial charge in [-0.1, -0.05) is 11.6 Å². The van der Waals surface area contributed by atoms with Gasteiger partial charge < -0.3 is 0 Å². The number of rotatable bonds is 2. The summed E-state index contributed by atoms with van der Waals surface area (Å²) < 4.78 is 1.32. The van der Waals surface area contributed by atoms with Gasteiger partial charge in [0, 0.05) is 0 Å². The van der Waals surface area contributed by atoms with Crippen molar-refractivity contribution in [3.05, 3.63) is 51.3 Å². The first-order valence-electron chi connectivity index (χ1n) is 4.51. The molecule has 0 N–H and O–H groups in total. The Labute approximate surface area is 101 Å². The van der Waals surface area contributed by atoms with E-state index in [0.717, 1.165) is 6.20 Å². The van der Waals surface area contributed by atoms with Crippen LogP contribution in [0.25, 0.3) is 5.69 Å². The first kappa shape index (κ1) is 11.1. The summed E-state index contributed by atoms with van der Waals surface area (Å²) in [6.45, 7) is 0. The van der Waals surface area contributed by atoms with Crippen LogP contribution < -0.4 is 0 Å². The number of aromatic nitrogens is 2. The van der Waals surface area contributed by atoms with Crippen molar-refractivity contribution in [2.24, 2.45) is 0 Å². The zero-order valence-corrected chi connectivity index (χ0v) is 9.13. The third-order valence-electron chi connectivity index (χ3n) is 2.12. The van der Waals surface area contributed by atoms with Crippen LogP contribution in [0, 0.1) is 21.4 Å². The van der Waals surface area contributed by atoms with Crippen LogP contribution in [0.3, 0.4) is 0 Å². The van der Waals surface area contributed by atoms with Gasteiger partial charge in [-0.2, -0.15) is 10.4 Å². The number of nitriles is 1. The van der Waals surface area contributed by atoms with Crippen molar-refractivity contribution in [3.63, 3.8) is 0 Å². The number of nitrogens with zero attached hydrogens (tertiary/aromatic N) is 4. The van der Waals surface area contributed by atoms with Gasteiger partial charge in [-0.25, -0.2) is 4.68 Å². The van der Waals surface area contributed by atoms with E-state index in [1.165, 1.54) is 23.0 Å². The van der Waals surface area contributed by atoms with E-state index in [4.69, 9.17) is 16.9 Å². The van der Waals surface area contributed by atoms with Crippen LogP contribution in [0.2, 0.25) is 5.02 Å². The van der Waals surface area contributed by atoms with E-state index in [1.54, 1.807) is 6.07 Å². The van der Waals surface area contributed by atoms with Crippen LogP contribution in [0.1, 0.15) is 5.56 Å². The summed E-state index contributed by atoms with van der Waals surface area (Å²) in [6, 6.07) is 6.60. The number of halogens is 1. The molecule has 0 fully saturated rings. The molecule has 0 bridgehead atoms. The van der Waals surface area contributed by atoms with E-state index in [1.807, 2.05) is 6.07 Å². The van der Waals surface area contributed by atoms with Crippen molar-refractivity contribution < 1.29 is 4.92 Å².